The summed E-state index contributed by atoms with van der Waals surface area (Å²) < 4.78 is 12.5. The number of hydrogen-bond acceptors (Lipinski definition) is 4. The van der Waals surface area contributed by atoms with E-state index in [0.29, 0.717) is 29.8 Å². The van der Waals surface area contributed by atoms with Crippen LogP contribution in [-0.4, -0.2) is 20.4 Å². The molecule has 0 fully saturated rings. The van der Waals surface area contributed by atoms with Gasteiger partial charge in [-0.1, -0.05) is 67.2 Å². The molecule has 0 N–H and O–H groups in total. The molecule has 0 unspecified atom stereocenters. The van der Waals surface area contributed by atoms with E-state index in [-0.39, 0.29) is 5.56 Å². The Hall–Kier alpha value is -3.01. The average molecular weight is 741 g/mol. The Labute approximate surface area is 264 Å². The third kappa shape index (κ3) is 6.58. The summed E-state index contributed by atoms with van der Waals surface area (Å²) in [5.41, 5.74) is 5.64. The second-order valence-corrected chi connectivity index (χ2v) is 12.5. The molecule has 0 radical (unpaired) electrons. The maximum absolute atomic E-state index is 13.4. The first kappa shape index (κ1) is 29.5. The highest BCUT2D eigenvalue weighted by molar-refractivity contribution is 9.11. The normalized spacial score (nSPS) is 11.6. The van der Waals surface area contributed by atoms with Crippen LogP contribution in [0.25, 0.3) is 16.6 Å². The first-order valence-corrected chi connectivity index (χ1v) is 15.7. The van der Waals surface area contributed by atoms with Crippen LogP contribution < -0.4 is 10.3 Å². The molecule has 0 amide bonds. The topological polar surface area (TPSA) is 61.4 Å². The largest absolute Gasteiger partial charge is 0.489 e. The molecule has 5 rings (SSSR count). The van der Waals surface area contributed by atoms with E-state index < -0.39 is 0 Å². The van der Waals surface area contributed by atoms with Gasteiger partial charge in [0.25, 0.3) is 5.56 Å². The minimum absolute atomic E-state index is 0.168. The second-order valence-electron chi connectivity index (χ2n) is 9.83. The van der Waals surface area contributed by atoms with Crippen LogP contribution >= 0.6 is 47.8 Å². The molecule has 0 saturated carbocycles. The number of hydrogen-bond donors (Lipinski definition) is 0. The van der Waals surface area contributed by atoms with E-state index in [1.807, 2.05) is 54.6 Å². The van der Waals surface area contributed by atoms with E-state index in [1.165, 1.54) is 4.68 Å². The van der Waals surface area contributed by atoms with Crippen LogP contribution in [0.15, 0.2) is 90.0 Å². The summed E-state index contributed by atoms with van der Waals surface area (Å²) in [7, 11) is 0. The molecule has 0 atom stereocenters. The van der Waals surface area contributed by atoms with Crippen LogP contribution in [0.2, 0.25) is 0 Å². The molecule has 0 spiro atoms. The number of unbranched alkanes of at least 4 members (excludes halogenated alkanes) is 1. The number of rotatable bonds is 9. The Morgan fingerprint density at radius 1 is 0.951 bits per heavy atom. The molecule has 5 aromatic rings. The van der Waals surface area contributed by atoms with Crippen LogP contribution in [0.5, 0.6) is 5.75 Å². The van der Waals surface area contributed by atoms with E-state index in [4.69, 9.17) is 9.72 Å². The molecular formula is C32H29Br3N4O2. The van der Waals surface area contributed by atoms with Gasteiger partial charge in [0.1, 0.15) is 18.2 Å². The Morgan fingerprint density at radius 3 is 2.41 bits per heavy atom. The molecule has 0 aliphatic carbocycles. The van der Waals surface area contributed by atoms with Crippen molar-refractivity contribution in [1.82, 2.24) is 14.2 Å². The summed E-state index contributed by atoms with van der Waals surface area (Å²) in [5, 5.41) is 5.20. The van der Waals surface area contributed by atoms with E-state index in [1.54, 1.807) is 12.3 Å². The van der Waals surface area contributed by atoms with E-state index in [2.05, 4.69) is 84.3 Å². The fourth-order valence-corrected chi connectivity index (χ4v) is 6.26. The highest BCUT2D eigenvalue weighted by Gasteiger charge is 2.13. The molecule has 9 heteroatoms. The number of nitrogens with zero attached hydrogens (tertiary/aromatic N) is 4. The van der Waals surface area contributed by atoms with E-state index in [9.17, 15) is 4.79 Å². The third-order valence-electron chi connectivity index (χ3n) is 6.92. The minimum Gasteiger partial charge on any atom is -0.489 e. The van der Waals surface area contributed by atoms with Crippen molar-refractivity contribution in [2.45, 2.75) is 46.6 Å². The smallest absolute Gasteiger partial charge is 0.282 e. The highest BCUT2D eigenvalue weighted by atomic mass is 79.9. The zero-order valence-electron chi connectivity index (χ0n) is 23.0. The van der Waals surface area contributed by atoms with Gasteiger partial charge in [-0.05, 0) is 80.9 Å². The molecule has 3 aromatic carbocycles. The lowest BCUT2D eigenvalue weighted by Crippen LogP contribution is -2.22. The second kappa shape index (κ2) is 12.9. The van der Waals surface area contributed by atoms with Crippen molar-refractivity contribution in [2.75, 3.05) is 0 Å². The molecule has 2 heterocycles. The van der Waals surface area contributed by atoms with Crippen molar-refractivity contribution >= 4 is 64.9 Å². The number of aryl methyl sites for hydroxylation is 2. The van der Waals surface area contributed by atoms with Crippen molar-refractivity contribution < 1.29 is 4.74 Å². The Morgan fingerprint density at radius 2 is 1.68 bits per heavy atom. The summed E-state index contributed by atoms with van der Waals surface area (Å²) in [4.78, 5) is 18.2. The fraction of sp³-hybridized carbons (Fsp3) is 0.219. The van der Waals surface area contributed by atoms with Crippen molar-refractivity contribution in [2.24, 2.45) is 5.10 Å². The van der Waals surface area contributed by atoms with Crippen LogP contribution in [0.4, 0.5) is 0 Å². The van der Waals surface area contributed by atoms with Gasteiger partial charge in [0.05, 0.1) is 17.1 Å². The summed E-state index contributed by atoms with van der Waals surface area (Å²) in [6.45, 7) is 6.71. The first-order valence-electron chi connectivity index (χ1n) is 13.4. The summed E-state index contributed by atoms with van der Waals surface area (Å²) in [6.07, 6.45) is 4.37. The van der Waals surface area contributed by atoms with Crippen molar-refractivity contribution in [3.8, 4) is 11.4 Å². The summed E-state index contributed by atoms with van der Waals surface area (Å²) in [5.74, 6) is 1.46. The van der Waals surface area contributed by atoms with Gasteiger partial charge in [-0.25, -0.2) is 4.98 Å². The third-order valence-corrected chi connectivity index (χ3v) is 8.64. The quantitative estimate of drug-likeness (QED) is 0.142. The number of fused-ring (bicyclic) bond motifs is 1. The Bertz CT molecular complexity index is 1810. The van der Waals surface area contributed by atoms with Gasteiger partial charge in [0, 0.05) is 48.0 Å². The SMILES string of the molecule is CCCCc1nc2ccc(Br)cc2c(=O)n1N=Cc1cc(C)n(-c2ccc(OCc3ccc(Br)cc3Br)cc2)c1C. The average Bonchev–Trinajstić information content (AvgIpc) is 3.24. The highest BCUT2D eigenvalue weighted by Crippen LogP contribution is 2.26. The molecule has 0 bridgehead atoms. The monoisotopic (exact) mass is 738 g/mol. The van der Waals surface area contributed by atoms with E-state index in [0.717, 1.165) is 60.2 Å². The van der Waals surface area contributed by atoms with Gasteiger partial charge in [0.2, 0.25) is 0 Å². The molecule has 6 nitrogen and oxygen atoms in total. The standard InChI is InChI=1S/C32H29Br3N4O2/c1-4-5-6-31-37-30-14-9-24(33)16-28(30)32(40)39(31)36-18-23-15-20(2)38(21(23)3)26-10-12-27(13-11-26)41-19-22-7-8-25(34)17-29(22)35/h7-18H,4-6,19H2,1-3H3. The van der Waals surface area contributed by atoms with E-state index >= 15 is 0 Å². The maximum atomic E-state index is 13.4. The van der Waals surface area contributed by atoms with Crippen molar-refractivity contribution in [3.05, 3.63) is 119 Å². The summed E-state index contributed by atoms with van der Waals surface area (Å²) >= 11 is 10.5. The zero-order chi connectivity index (χ0) is 29.1. The molecule has 41 heavy (non-hydrogen) atoms. The Balaban J connectivity index is 1.41. The van der Waals surface area contributed by atoms with Gasteiger partial charge < -0.3 is 9.30 Å². The van der Waals surface area contributed by atoms with Gasteiger partial charge in [-0.3, -0.25) is 4.79 Å². The maximum Gasteiger partial charge on any atom is 0.282 e. The lowest BCUT2D eigenvalue weighted by atomic mass is 10.2. The molecule has 0 aliphatic rings. The van der Waals surface area contributed by atoms with Crippen molar-refractivity contribution in [1.29, 1.82) is 0 Å². The predicted molar refractivity (Wildman–Crippen MR) is 177 cm³/mol. The Kier molecular flexibility index (Phi) is 9.26. The number of benzene rings is 3. The van der Waals surface area contributed by atoms with Crippen LogP contribution in [-0.2, 0) is 13.0 Å². The number of aromatic nitrogens is 3. The fourth-order valence-electron chi connectivity index (χ4n) is 4.74. The lowest BCUT2D eigenvalue weighted by Gasteiger charge is -2.12. The van der Waals surface area contributed by atoms with Gasteiger partial charge in [0.15, 0.2) is 0 Å². The van der Waals surface area contributed by atoms with Crippen LogP contribution in [0, 0.1) is 13.8 Å². The number of ether oxygens (including phenoxy) is 1. The van der Waals surface area contributed by atoms with Crippen LogP contribution in [0.1, 0.15) is 48.1 Å². The van der Waals surface area contributed by atoms with Gasteiger partial charge >= 0.3 is 0 Å². The predicted octanol–water partition coefficient (Wildman–Crippen LogP) is 8.90. The van der Waals surface area contributed by atoms with Crippen LogP contribution in [0.3, 0.4) is 0 Å². The molecule has 0 aliphatic heterocycles. The summed E-state index contributed by atoms with van der Waals surface area (Å²) in [6, 6.07) is 21.8. The van der Waals surface area contributed by atoms with Crippen molar-refractivity contribution in [3.63, 3.8) is 0 Å². The van der Waals surface area contributed by atoms with Gasteiger partial charge in [-0.2, -0.15) is 9.78 Å². The minimum atomic E-state index is -0.168. The lowest BCUT2D eigenvalue weighted by molar-refractivity contribution is 0.305. The zero-order valence-corrected chi connectivity index (χ0v) is 27.8. The molecule has 210 valence electrons. The molecule has 0 saturated heterocycles. The number of halogens is 3. The first-order chi connectivity index (χ1) is 19.7. The molecule has 2 aromatic heterocycles. The molecular weight excluding hydrogens is 712 g/mol. The van der Waals surface area contributed by atoms with Gasteiger partial charge in [-0.15, -0.1) is 0 Å².